The van der Waals surface area contributed by atoms with Gasteiger partial charge in [0.25, 0.3) is 0 Å². The molecule has 5 nitrogen and oxygen atoms in total. The largest absolute Gasteiger partial charge is 0.388 e. The van der Waals surface area contributed by atoms with Crippen LogP contribution in [0.5, 0.6) is 0 Å². The number of aliphatic hydroxyl groups is 1. The van der Waals surface area contributed by atoms with Crippen LogP contribution in [0, 0.1) is 6.92 Å². The third-order valence-electron chi connectivity index (χ3n) is 3.02. The number of hydrogen-bond acceptors (Lipinski definition) is 4. The van der Waals surface area contributed by atoms with Gasteiger partial charge in [-0.05, 0) is 45.4 Å². The first-order valence-electron chi connectivity index (χ1n) is 5.65. The second-order valence-electron chi connectivity index (χ2n) is 4.99. The van der Waals surface area contributed by atoms with Crippen LogP contribution in [0.2, 0.25) is 0 Å². The van der Waals surface area contributed by atoms with Gasteiger partial charge in [-0.15, -0.1) is 0 Å². The van der Waals surface area contributed by atoms with Crippen LogP contribution in [0.15, 0.2) is 23.1 Å². The Morgan fingerprint density at radius 1 is 1.39 bits per heavy atom. The van der Waals surface area contributed by atoms with E-state index >= 15 is 0 Å². The Balaban J connectivity index is 3.14. The molecule has 0 saturated heterocycles. The molecule has 18 heavy (non-hydrogen) atoms. The van der Waals surface area contributed by atoms with Crippen molar-refractivity contribution in [3.63, 3.8) is 0 Å². The first-order valence-corrected chi connectivity index (χ1v) is 7.19. The average molecular weight is 272 g/mol. The molecule has 0 aromatic heterocycles. The highest BCUT2D eigenvalue weighted by molar-refractivity contribution is 7.89. The molecule has 0 heterocycles. The predicted molar refractivity (Wildman–Crippen MR) is 71.9 cm³/mol. The third-order valence-corrected chi connectivity index (χ3v) is 4.08. The Kier molecular flexibility index (Phi) is 4.05. The number of primary sulfonamides is 1. The van der Waals surface area contributed by atoms with E-state index in [1.54, 1.807) is 32.9 Å². The van der Waals surface area contributed by atoms with Gasteiger partial charge in [0, 0.05) is 5.69 Å². The zero-order valence-corrected chi connectivity index (χ0v) is 11.9. The van der Waals surface area contributed by atoms with Crippen LogP contribution in [0.1, 0.15) is 26.3 Å². The molecule has 102 valence electrons. The molecule has 1 aromatic rings. The van der Waals surface area contributed by atoms with E-state index in [1.165, 1.54) is 6.07 Å². The number of rotatable bonds is 4. The molecule has 4 N–H and O–H groups in total. The summed E-state index contributed by atoms with van der Waals surface area (Å²) in [5.41, 5.74) is 0.288. The Labute approximate surface area is 108 Å². The smallest absolute Gasteiger partial charge is 0.238 e. The lowest BCUT2D eigenvalue weighted by molar-refractivity contribution is 0.0649. The van der Waals surface area contributed by atoms with E-state index in [0.29, 0.717) is 11.3 Å². The normalized spacial score (nSPS) is 14.3. The summed E-state index contributed by atoms with van der Waals surface area (Å²) in [6.07, 6.45) is 0. The number of nitrogens with one attached hydrogen (secondary N) is 1. The van der Waals surface area contributed by atoms with E-state index in [2.05, 4.69) is 5.32 Å². The van der Waals surface area contributed by atoms with Gasteiger partial charge in [0.05, 0.1) is 16.5 Å². The topological polar surface area (TPSA) is 92.4 Å². The quantitative estimate of drug-likeness (QED) is 0.768. The second-order valence-corrected chi connectivity index (χ2v) is 6.52. The van der Waals surface area contributed by atoms with Gasteiger partial charge in [-0.1, -0.05) is 6.07 Å². The summed E-state index contributed by atoms with van der Waals surface area (Å²) in [6.45, 7) is 6.87. The fraction of sp³-hybridized carbons (Fsp3) is 0.500. The van der Waals surface area contributed by atoms with Crippen molar-refractivity contribution >= 4 is 15.7 Å². The Bertz CT molecular complexity index is 533. The lowest BCUT2D eigenvalue weighted by atomic mass is 10.00. The Morgan fingerprint density at radius 3 is 2.39 bits per heavy atom. The minimum absolute atomic E-state index is 0.0930. The van der Waals surface area contributed by atoms with Crippen molar-refractivity contribution in [2.45, 2.75) is 44.2 Å². The molecular weight excluding hydrogens is 252 g/mol. The monoisotopic (exact) mass is 272 g/mol. The predicted octanol–water partition coefficient (Wildman–Crippen LogP) is 1.21. The third kappa shape index (κ3) is 3.44. The molecule has 1 aromatic carbocycles. The van der Waals surface area contributed by atoms with E-state index < -0.39 is 15.6 Å². The number of hydrogen-bond donors (Lipinski definition) is 3. The highest BCUT2D eigenvalue weighted by atomic mass is 32.2. The Morgan fingerprint density at radius 2 is 1.94 bits per heavy atom. The van der Waals surface area contributed by atoms with E-state index in [0.717, 1.165) is 0 Å². The van der Waals surface area contributed by atoms with Crippen molar-refractivity contribution < 1.29 is 13.5 Å². The van der Waals surface area contributed by atoms with Crippen LogP contribution in [0.3, 0.4) is 0 Å². The maximum atomic E-state index is 11.4. The Hall–Kier alpha value is -1.11. The van der Waals surface area contributed by atoms with E-state index in [-0.39, 0.29) is 10.9 Å². The zero-order chi connectivity index (χ0) is 14.1. The maximum Gasteiger partial charge on any atom is 0.238 e. The van der Waals surface area contributed by atoms with E-state index in [1.807, 2.05) is 6.92 Å². The van der Waals surface area contributed by atoms with Crippen molar-refractivity contribution in [1.82, 2.24) is 0 Å². The molecule has 0 fully saturated rings. The summed E-state index contributed by atoms with van der Waals surface area (Å²) in [5, 5.41) is 18.1. The second kappa shape index (κ2) is 4.87. The molecule has 0 aliphatic carbocycles. The van der Waals surface area contributed by atoms with Crippen molar-refractivity contribution in [1.29, 1.82) is 0 Å². The molecule has 1 rings (SSSR count). The van der Waals surface area contributed by atoms with Crippen LogP contribution >= 0.6 is 0 Å². The van der Waals surface area contributed by atoms with Gasteiger partial charge in [0.15, 0.2) is 0 Å². The van der Waals surface area contributed by atoms with Crippen molar-refractivity contribution in [2.75, 3.05) is 5.32 Å². The van der Waals surface area contributed by atoms with E-state index in [9.17, 15) is 13.5 Å². The summed E-state index contributed by atoms with van der Waals surface area (Å²) in [6, 6.07) is 4.61. The minimum Gasteiger partial charge on any atom is -0.388 e. The summed E-state index contributed by atoms with van der Waals surface area (Å²) in [5.74, 6) is 0. The number of benzene rings is 1. The molecule has 0 aliphatic rings. The van der Waals surface area contributed by atoms with Crippen LogP contribution in [-0.4, -0.2) is 25.2 Å². The molecule has 0 spiro atoms. The van der Waals surface area contributed by atoms with Gasteiger partial charge in [-0.25, -0.2) is 13.6 Å². The van der Waals surface area contributed by atoms with Gasteiger partial charge < -0.3 is 10.4 Å². The lowest BCUT2D eigenvalue weighted by Gasteiger charge is -2.28. The molecule has 1 unspecified atom stereocenters. The van der Waals surface area contributed by atoms with Crippen LogP contribution in [0.25, 0.3) is 0 Å². The summed E-state index contributed by atoms with van der Waals surface area (Å²) in [7, 11) is -3.73. The van der Waals surface area contributed by atoms with Gasteiger partial charge in [0.1, 0.15) is 0 Å². The molecule has 0 bridgehead atoms. The number of nitrogens with two attached hydrogens (primary N) is 1. The van der Waals surface area contributed by atoms with Gasteiger partial charge >= 0.3 is 0 Å². The number of anilines is 1. The SMILES string of the molecule is Cc1c(NC(C)C(C)(C)O)cccc1S(N)(=O)=O. The first kappa shape index (κ1) is 14.9. The summed E-state index contributed by atoms with van der Waals surface area (Å²) < 4.78 is 22.8. The van der Waals surface area contributed by atoms with Crippen LogP contribution < -0.4 is 10.5 Å². The molecule has 6 heteroatoms. The van der Waals surface area contributed by atoms with Crippen LogP contribution in [0.4, 0.5) is 5.69 Å². The van der Waals surface area contributed by atoms with E-state index in [4.69, 9.17) is 5.14 Å². The molecular formula is C12H20N2O3S. The van der Waals surface area contributed by atoms with Gasteiger partial charge in [0.2, 0.25) is 10.0 Å². The zero-order valence-electron chi connectivity index (χ0n) is 11.1. The van der Waals surface area contributed by atoms with Gasteiger partial charge in [-0.2, -0.15) is 0 Å². The molecule has 0 radical (unpaired) electrons. The molecule has 0 amide bonds. The molecule has 1 atom stereocenters. The number of sulfonamides is 1. The standard InChI is InChI=1S/C12H20N2O3S/c1-8-10(14-9(2)12(3,4)15)6-5-7-11(8)18(13,16)17/h5-7,9,14-15H,1-4H3,(H2,13,16,17). The molecule has 0 aliphatic heterocycles. The summed E-state index contributed by atoms with van der Waals surface area (Å²) in [4.78, 5) is 0.0930. The molecule has 0 saturated carbocycles. The fourth-order valence-electron chi connectivity index (χ4n) is 1.49. The highest BCUT2D eigenvalue weighted by Gasteiger charge is 2.23. The maximum absolute atomic E-state index is 11.4. The lowest BCUT2D eigenvalue weighted by Crippen LogP contribution is -2.39. The first-order chi connectivity index (χ1) is 8.03. The summed E-state index contributed by atoms with van der Waals surface area (Å²) >= 11 is 0. The fourth-order valence-corrected chi connectivity index (χ4v) is 2.29. The van der Waals surface area contributed by atoms with Gasteiger partial charge in [-0.3, -0.25) is 0 Å². The van der Waals surface area contributed by atoms with Crippen molar-refractivity contribution in [3.05, 3.63) is 23.8 Å². The van der Waals surface area contributed by atoms with Crippen molar-refractivity contribution in [2.24, 2.45) is 5.14 Å². The highest BCUT2D eigenvalue weighted by Crippen LogP contribution is 2.24. The van der Waals surface area contributed by atoms with Crippen molar-refractivity contribution in [3.8, 4) is 0 Å². The van der Waals surface area contributed by atoms with Crippen LogP contribution in [-0.2, 0) is 10.0 Å². The minimum atomic E-state index is -3.73. The average Bonchev–Trinajstić information content (AvgIpc) is 2.17.